The number of nitrogens with two attached hydrogens (primary N) is 1. The molecule has 3 N–H and O–H groups in total. The molecule has 0 fully saturated rings. The van der Waals surface area contributed by atoms with Crippen LogP contribution >= 0.6 is 0 Å². The lowest BCUT2D eigenvalue weighted by Crippen LogP contribution is -2.27. The van der Waals surface area contributed by atoms with E-state index >= 15 is 0 Å². The Labute approximate surface area is 129 Å². The summed E-state index contributed by atoms with van der Waals surface area (Å²) in [5, 5.41) is 2.58. The Morgan fingerprint density at radius 2 is 1.86 bits per heavy atom. The Balaban J connectivity index is 2.93. The molecule has 0 saturated heterocycles. The standard InChI is InChI=1S/C15H22N2O5/c1-15(2,3)22-14(19)17-9-6-7-10(11(8-9)20-4)12(16)13(18)21-5/h6-8,12H,16H2,1-5H3,(H,17,19). The molecule has 0 aliphatic carbocycles. The van der Waals surface area contributed by atoms with Gasteiger partial charge in [-0.2, -0.15) is 0 Å². The lowest BCUT2D eigenvalue weighted by molar-refractivity contribution is -0.142. The number of ether oxygens (including phenoxy) is 3. The predicted octanol–water partition coefficient (Wildman–Crippen LogP) is 2.21. The van der Waals surface area contributed by atoms with Crippen LogP contribution < -0.4 is 15.8 Å². The number of carbonyl (C=O) groups is 2. The molecular weight excluding hydrogens is 288 g/mol. The summed E-state index contributed by atoms with van der Waals surface area (Å²) in [4.78, 5) is 23.2. The van der Waals surface area contributed by atoms with Gasteiger partial charge in [-0.15, -0.1) is 0 Å². The average Bonchev–Trinajstić information content (AvgIpc) is 2.43. The number of hydrogen-bond acceptors (Lipinski definition) is 6. The third-order valence-corrected chi connectivity index (χ3v) is 2.67. The zero-order chi connectivity index (χ0) is 16.9. The Morgan fingerprint density at radius 3 is 2.36 bits per heavy atom. The summed E-state index contributed by atoms with van der Waals surface area (Å²) in [5.41, 5.74) is 6.12. The number of anilines is 1. The number of rotatable bonds is 4. The van der Waals surface area contributed by atoms with Crippen LogP contribution in [0.25, 0.3) is 0 Å². The molecule has 0 aliphatic heterocycles. The number of amides is 1. The molecule has 0 aromatic heterocycles. The van der Waals surface area contributed by atoms with Crippen molar-refractivity contribution in [3.63, 3.8) is 0 Å². The zero-order valence-electron chi connectivity index (χ0n) is 13.4. The van der Waals surface area contributed by atoms with Crippen molar-refractivity contribution >= 4 is 17.7 Å². The van der Waals surface area contributed by atoms with Gasteiger partial charge in [0.15, 0.2) is 0 Å². The van der Waals surface area contributed by atoms with E-state index in [4.69, 9.17) is 15.2 Å². The van der Waals surface area contributed by atoms with Gasteiger partial charge < -0.3 is 19.9 Å². The first-order chi connectivity index (χ1) is 10.2. The number of benzene rings is 1. The summed E-state index contributed by atoms with van der Waals surface area (Å²) in [6.45, 7) is 5.31. The molecule has 0 spiro atoms. The fraction of sp³-hybridized carbons (Fsp3) is 0.467. The second-order valence-corrected chi connectivity index (χ2v) is 5.58. The first-order valence-electron chi connectivity index (χ1n) is 6.69. The van der Waals surface area contributed by atoms with Gasteiger partial charge in [-0.3, -0.25) is 10.1 Å². The fourth-order valence-corrected chi connectivity index (χ4v) is 1.72. The maximum absolute atomic E-state index is 11.7. The topological polar surface area (TPSA) is 99.9 Å². The second kappa shape index (κ2) is 7.13. The molecule has 22 heavy (non-hydrogen) atoms. The number of hydrogen-bond donors (Lipinski definition) is 2. The largest absolute Gasteiger partial charge is 0.496 e. The van der Waals surface area contributed by atoms with Crippen molar-refractivity contribution in [1.82, 2.24) is 0 Å². The first kappa shape index (κ1) is 17.8. The maximum Gasteiger partial charge on any atom is 0.412 e. The first-order valence-corrected chi connectivity index (χ1v) is 6.69. The third kappa shape index (κ3) is 4.92. The van der Waals surface area contributed by atoms with E-state index in [1.165, 1.54) is 14.2 Å². The van der Waals surface area contributed by atoms with Crippen LogP contribution in [0.2, 0.25) is 0 Å². The van der Waals surface area contributed by atoms with E-state index in [9.17, 15) is 9.59 Å². The molecular formula is C15H22N2O5. The smallest absolute Gasteiger partial charge is 0.412 e. The van der Waals surface area contributed by atoms with Gasteiger partial charge in [0.1, 0.15) is 17.4 Å². The van der Waals surface area contributed by atoms with Gasteiger partial charge in [-0.25, -0.2) is 4.79 Å². The van der Waals surface area contributed by atoms with Crippen molar-refractivity contribution in [2.45, 2.75) is 32.4 Å². The third-order valence-electron chi connectivity index (χ3n) is 2.67. The normalized spacial score (nSPS) is 12.3. The Morgan fingerprint density at radius 1 is 1.23 bits per heavy atom. The summed E-state index contributed by atoms with van der Waals surface area (Å²) >= 11 is 0. The molecule has 0 radical (unpaired) electrons. The minimum Gasteiger partial charge on any atom is -0.496 e. The molecule has 1 amide bonds. The van der Waals surface area contributed by atoms with Crippen LogP contribution in [-0.4, -0.2) is 31.9 Å². The van der Waals surface area contributed by atoms with Gasteiger partial charge in [-0.05, 0) is 26.8 Å². The van der Waals surface area contributed by atoms with E-state index in [1.54, 1.807) is 39.0 Å². The highest BCUT2D eigenvalue weighted by Gasteiger charge is 2.21. The van der Waals surface area contributed by atoms with Crippen LogP contribution in [0.3, 0.4) is 0 Å². The molecule has 1 aromatic carbocycles. The van der Waals surface area contributed by atoms with Crippen molar-refractivity contribution < 1.29 is 23.8 Å². The number of methoxy groups -OCH3 is 2. The van der Waals surface area contributed by atoms with E-state index in [0.717, 1.165) is 0 Å². The molecule has 7 nitrogen and oxygen atoms in total. The van der Waals surface area contributed by atoms with Gasteiger partial charge >= 0.3 is 12.1 Å². The van der Waals surface area contributed by atoms with Gasteiger partial charge in [0.25, 0.3) is 0 Å². The van der Waals surface area contributed by atoms with Crippen molar-refractivity contribution in [2.75, 3.05) is 19.5 Å². The maximum atomic E-state index is 11.7. The lowest BCUT2D eigenvalue weighted by Gasteiger charge is -2.20. The minimum absolute atomic E-state index is 0.367. The van der Waals surface area contributed by atoms with Gasteiger partial charge in [0, 0.05) is 17.3 Å². The average molecular weight is 310 g/mol. The summed E-state index contributed by atoms with van der Waals surface area (Å²) < 4.78 is 15.0. The van der Waals surface area contributed by atoms with Crippen LogP contribution in [0.1, 0.15) is 32.4 Å². The Hall–Kier alpha value is -2.28. The van der Waals surface area contributed by atoms with Gasteiger partial charge in [0.2, 0.25) is 0 Å². The van der Waals surface area contributed by atoms with Gasteiger partial charge in [-0.1, -0.05) is 6.07 Å². The molecule has 0 saturated carbocycles. The molecule has 7 heteroatoms. The summed E-state index contributed by atoms with van der Waals surface area (Å²) in [6, 6.07) is 3.79. The molecule has 1 unspecified atom stereocenters. The second-order valence-electron chi connectivity index (χ2n) is 5.58. The van der Waals surface area contributed by atoms with Crippen molar-refractivity contribution in [3.05, 3.63) is 23.8 Å². The summed E-state index contributed by atoms with van der Waals surface area (Å²) in [7, 11) is 2.70. The van der Waals surface area contributed by atoms with Crippen molar-refractivity contribution in [3.8, 4) is 5.75 Å². The minimum atomic E-state index is -0.962. The number of esters is 1. The SMILES string of the molecule is COC(=O)C(N)c1ccc(NC(=O)OC(C)(C)C)cc1OC. The molecule has 1 aromatic rings. The molecule has 1 rings (SSSR count). The number of nitrogens with one attached hydrogen (secondary N) is 1. The molecule has 122 valence electrons. The Bertz CT molecular complexity index is 551. The highest BCUT2D eigenvalue weighted by Crippen LogP contribution is 2.28. The summed E-state index contributed by atoms with van der Waals surface area (Å²) in [5.74, 6) is -0.211. The summed E-state index contributed by atoms with van der Waals surface area (Å²) in [6.07, 6.45) is -0.584. The quantitative estimate of drug-likeness (QED) is 0.827. The molecule has 0 bridgehead atoms. The fourth-order valence-electron chi connectivity index (χ4n) is 1.72. The van der Waals surface area contributed by atoms with Gasteiger partial charge in [0.05, 0.1) is 14.2 Å². The van der Waals surface area contributed by atoms with Crippen LogP contribution in [0, 0.1) is 0 Å². The molecule has 0 aliphatic rings. The van der Waals surface area contributed by atoms with E-state index < -0.39 is 23.7 Å². The van der Waals surface area contributed by atoms with E-state index in [2.05, 4.69) is 10.1 Å². The number of carbonyl (C=O) groups excluding carboxylic acids is 2. The van der Waals surface area contributed by atoms with Crippen LogP contribution in [0.5, 0.6) is 5.75 Å². The van der Waals surface area contributed by atoms with E-state index in [-0.39, 0.29) is 0 Å². The lowest BCUT2D eigenvalue weighted by atomic mass is 10.1. The molecule has 0 heterocycles. The predicted molar refractivity (Wildman–Crippen MR) is 81.8 cm³/mol. The van der Waals surface area contributed by atoms with Crippen LogP contribution in [0.15, 0.2) is 18.2 Å². The van der Waals surface area contributed by atoms with Crippen molar-refractivity contribution in [2.24, 2.45) is 5.73 Å². The zero-order valence-corrected chi connectivity index (χ0v) is 13.4. The van der Waals surface area contributed by atoms with Crippen LogP contribution in [-0.2, 0) is 14.3 Å². The highest BCUT2D eigenvalue weighted by atomic mass is 16.6. The molecule has 1 atom stereocenters. The van der Waals surface area contributed by atoms with E-state index in [0.29, 0.717) is 17.0 Å². The van der Waals surface area contributed by atoms with Crippen LogP contribution in [0.4, 0.5) is 10.5 Å². The van der Waals surface area contributed by atoms with E-state index in [1.807, 2.05) is 0 Å². The highest BCUT2D eigenvalue weighted by molar-refractivity contribution is 5.86. The monoisotopic (exact) mass is 310 g/mol. The Kier molecular flexibility index (Phi) is 5.76. The van der Waals surface area contributed by atoms with Crippen molar-refractivity contribution in [1.29, 1.82) is 0 Å².